The van der Waals surface area contributed by atoms with Gasteiger partial charge in [-0.2, -0.15) is 0 Å². The maximum atomic E-state index is 3.53. The Morgan fingerprint density at radius 3 is 3.14 bits per heavy atom. The summed E-state index contributed by atoms with van der Waals surface area (Å²) < 4.78 is 0. The largest absolute Gasteiger partial charge is 0.384 e. The lowest BCUT2D eigenvalue weighted by Gasteiger charge is -2.44. The fourth-order valence-electron chi connectivity index (χ4n) is 2.72. The highest BCUT2D eigenvalue weighted by Crippen LogP contribution is 2.30. The second-order valence-corrected chi connectivity index (χ2v) is 4.30. The van der Waals surface area contributed by atoms with Gasteiger partial charge in [-0.25, -0.2) is 0 Å². The van der Waals surface area contributed by atoms with Crippen molar-refractivity contribution in [3.05, 3.63) is 36.3 Å². The van der Waals surface area contributed by atoms with Crippen LogP contribution in [0.5, 0.6) is 0 Å². The molecule has 2 unspecified atom stereocenters. The second kappa shape index (κ2) is 3.19. The van der Waals surface area contributed by atoms with Gasteiger partial charge in [0.05, 0.1) is 11.7 Å². The van der Waals surface area contributed by atoms with Crippen LogP contribution in [0.3, 0.4) is 0 Å². The number of nitrogens with one attached hydrogen (secondary N) is 1. The molecule has 14 heavy (non-hydrogen) atoms. The van der Waals surface area contributed by atoms with Crippen molar-refractivity contribution in [3.63, 3.8) is 0 Å². The fraction of sp³-hybridized carbons (Fsp3) is 0.500. The second-order valence-electron chi connectivity index (χ2n) is 4.30. The van der Waals surface area contributed by atoms with Gasteiger partial charge in [0, 0.05) is 18.4 Å². The third kappa shape index (κ3) is 1.17. The highest BCUT2D eigenvalue weighted by molar-refractivity contribution is 5.30. The maximum Gasteiger partial charge on any atom is 0.0569 e. The van der Waals surface area contributed by atoms with Crippen molar-refractivity contribution < 1.29 is 0 Å². The van der Waals surface area contributed by atoms with Crippen LogP contribution in [0.25, 0.3) is 0 Å². The molecule has 2 heteroatoms. The van der Waals surface area contributed by atoms with Crippen LogP contribution < -0.4 is 5.32 Å². The molecule has 0 spiro atoms. The van der Waals surface area contributed by atoms with E-state index in [2.05, 4.69) is 40.8 Å². The van der Waals surface area contributed by atoms with Gasteiger partial charge in [0.15, 0.2) is 0 Å². The Bertz CT molecular complexity index is 314. The zero-order valence-electron chi connectivity index (χ0n) is 8.32. The average Bonchev–Trinajstić information content (AvgIpc) is 2.29. The van der Waals surface area contributed by atoms with Crippen LogP contribution in [0, 0.1) is 0 Å². The summed E-state index contributed by atoms with van der Waals surface area (Å²) in [5.74, 6) is 0. The van der Waals surface area contributed by atoms with Gasteiger partial charge in [-0.3, -0.25) is 0 Å². The Morgan fingerprint density at radius 2 is 2.14 bits per heavy atom. The van der Waals surface area contributed by atoms with Crippen molar-refractivity contribution >= 4 is 0 Å². The third-order valence-electron chi connectivity index (χ3n) is 3.45. The van der Waals surface area contributed by atoms with E-state index < -0.39 is 0 Å². The molecule has 1 aliphatic carbocycles. The lowest BCUT2D eigenvalue weighted by molar-refractivity contribution is 0.197. The fourth-order valence-corrected chi connectivity index (χ4v) is 2.72. The van der Waals surface area contributed by atoms with Gasteiger partial charge in [-0.05, 0) is 25.0 Å². The molecule has 3 aliphatic rings. The van der Waals surface area contributed by atoms with Gasteiger partial charge < -0.3 is 10.2 Å². The first-order valence-electron chi connectivity index (χ1n) is 5.54. The summed E-state index contributed by atoms with van der Waals surface area (Å²) in [6.07, 6.45) is 16.2. The molecule has 0 aromatic rings. The zero-order chi connectivity index (χ0) is 9.38. The van der Waals surface area contributed by atoms with Crippen molar-refractivity contribution in [2.75, 3.05) is 0 Å². The van der Waals surface area contributed by atoms with Gasteiger partial charge in [0.1, 0.15) is 0 Å². The number of hydrogen-bond donors (Lipinski definition) is 1. The van der Waals surface area contributed by atoms with E-state index in [-0.39, 0.29) is 0 Å². The summed E-state index contributed by atoms with van der Waals surface area (Å²) in [5, 5.41) is 3.53. The SMILES string of the molecule is C1=CC2=CNC3CCCCC3N2C=C1. The minimum atomic E-state index is 0.670. The van der Waals surface area contributed by atoms with E-state index in [1.807, 2.05) is 0 Å². The van der Waals surface area contributed by atoms with E-state index in [4.69, 9.17) is 0 Å². The van der Waals surface area contributed by atoms with E-state index in [9.17, 15) is 0 Å². The van der Waals surface area contributed by atoms with E-state index in [1.165, 1.54) is 31.4 Å². The summed E-state index contributed by atoms with van der Waals surface area (Å²) in [6.45, 7) is 0. The minimum Gasteiger partial charge on any atom is -0.384 e. The zero-order valence-corrected chi connectivity index (χ0v) is 8.32. The summed E-state index contributed by atoms with van der Waals surface area (Å²) in [4.78, 5) is 2.43. The number of rotatable bonds is 0. The standard InChI is InChI=1S/C12H16N2/c1-2-7-12-11(6-1)13-9-10-5-3-4-8-14(10)12/h3-5,8-9,11-13H,1-2,6-7H2. The maximum absolute atomic E-state index is 3.53. The predicted molar refractivity (Wildman–Crippen MR) is 57.4 cm³/mol. The molecule has 0 radical (unpaired) electrons. The van der Waals surface area contributed by atoms with E-state index in [0.29, 0.717) is 12.1 Å². The lowest BCUT2D eigenvalue weighted by atomic mass is 9.87. The molecule has 0 aromatic carbocycles. The van der Waals surface area contributed by atoms with Gasteiger partial charge in [0.25, 0.3) is 0 Å². The van der Waals surface area contributed by atoms with Crippen molar-refractivity contribution in [2.24, 2.45) is 0 Å². The number of nitrogens with zero attached hydrogens (tertiary/aromatic N) is 1. The molecule has 0 aromatic heterocycles. The molecule has 1 N–H and O–H groups in total. The molecule has 0 bridgehead atoms. The van der Waals surface area contributed by atoms with Gasteiger partial charge in [0.2, 0.25) is 0 Å². The Hall–Kier alpha value is -1.18. The molecule has 1 fully saturated rings. The molecule has 3 rings (SSSR count). The van der Waals surface area contributed by atoms with Crippen molar-refractivity contribution in [1.29, 1.82) is 0 Å². The number of fused-ring (bicyclic) bond motifs is 3. The van der Waals surface area contributed by atoms with Crippen molar-refractivity contribution in [1.82, 2.24) is 10.2 Å². The topological polar surface area (TPSA) is 15.3 Å². The minimum absolute atomic E-state index is 0.670. The molecular weight excluding hydrogens is 172 g/mol. The molecule has 2 atom stereocenters. The summed E-state index contributed by atoms with van der Waals surface area (Å²) in [5.41, 5.74) is 1.32. The van der Waals surface area contributed by atoms with Gasteiger partial charge >= 0.3 is 0 Å². The summed E-state index contributed by atoms with van der Waals surface area (Å²) in [7, 11) is 0. The molecule has 2 nitrogen and oxygen atoms in total. The first-order chi connectivity index (χ1) is 6.95. The van der Waals surface area contributed by atoms with Gasteiger partial charge in [-0.1, -0.05) is 18.9 Å². The summed E-state index contributed by atoms with van der Waals surface area (Å²) in [6, 6.07) is 1.36. The van der Waals surface area contributed by atoms with Crippen LogP contribution in [-0.4, -0.2) is 17.0 Å². The van der Waals surface area contributed by atoms with Crippen LogP contribution in [0.1, 0.15) is 25.7 Å². The van der Waals surface area contributed by atoms with E-state index in [0.717, 1.165) is 0 Å². The Labute approximate surface area is 85.0 Å². The van der Waals surface area contributed by atoms with Crippen molar-refractivity contribution in [2.45, 2.75) is 37.8 Å². The highest BCUT2D eigenvalue weighted by atomic mass is 15.2. The highest BCUT2D eigenvalue weighted by Gasteiger charge is 2.32. The monoisotopic (exact) mass is 188 g/mol. The quantitative estimate of drug-likeness (QED) is 0.626. The Kier molecular flexibility index (Phi) is 1.86. The molecule has 2 heterocycles. The van der Waals surface area contributed by atoms with Gasteiger partial charge in [-0.15, -0.1) is 0 Å². The van der Waals surface area contributed by atoms with Crippen molar-refractivity contribution in [3.8, 4) is 0 Å². The number of hydrogen-bond acceptors (Lipinski definition) is 2. The molecule has 0 saturated heterocycles. The van der Waals surface area contributed by atoms with E-state index in [1.54, 1.807) is 0 Å². The van der Waals surface area contributed by atoms with Crippen LogP contribution in [0.15, 0.2) is 36.3 Å². The molecule has 0 amide bonds. The first-order valence-corrected chi connectivity index (χ1v) is 5.54. The third-order valence-corrected chi connectivity index (χ3v) is 3.45. The molecular formula is C12H16N2. The van der Waals surface area contributed by atoms with Crippen LogP contribution in [0.4, 0.5) is 0 Å². The average molecular weight is 188 g/mol. The molecule has 74 valence electrons. The molecule has 2 aliphatic heterocycles. The van der Waals surface area contributed by atoms with Crippen LogP contribution in [0.2, 0.25) is 0 Å². The summed E-state index contributed by atoms with van der Waals surface area (Å²) >= 11 is 0. The Balaban J connectivity index is 1.91. The van der Waals surface area contributed by atoms with Crippen LogP contribution >= 0.6 is 0 Å². The smallest absolute Gasteiger partial charge is 0.0569 e. The lowest BCUT2D eigenvalue weighted by Crippen LogP contribution is -2.51. The number of allylic oxidation sites excluding steroid dienone is 3. The molecule has 1 saturated carbocycles. The normalized spacial score (nSPS) is 34.3. The predicted octanol–water partition coefficient (Wildman–Crippen LogP) is 2.13. The van der Waals surface area contributed by atoms with E-state index >= 15 is 0 Å². The Morgan fingerprint density at radius 1 is 1.21 bits per heavy atom. The van der Waals surface area contributed by atoms with Crippen LogP contribution in [-0.2, 0) is 0 Å². The first kappa shape index (κ1) is 8.16.